The van der Waals surface area contributed by atoms with Crippen LogP contribution in [0.25, 0.3) is 10.8 Å². The zero-order valence-electron chi connectivity index (χ0n) is 13.1. The highest BCUT2D eigenvalue weighted by Crippen LogP contribution is 2.32. The smallest absolute Gasteiger partial charge is 0.295 e. The number of phenols is 1. The summed E-state index contributed by atoms with van der Waals surface area (Å²) in [5.41, 5.74) is 5.95. The molecule has 5 N–H and O–H groups in total. The highest BCUT2D eigenvalue weighted by Gasteiger charge is 2.25. The van der Waals surface area contributed by atoms with Crippen LogP contribution in [0, 0.1) is 0 Å². The van der Waals surface area contributed by atoms with E-state index in [1.807, 2.05) is 0 Å². The van der Waals surface area contributed by atoms with E-state index in [9.17, 15) is 26.5 Å². The Hall–Kier alpha value is -2.82. The molecule has 0 radical (unpaired) electrons. The second-order valence-electron chi connectivity index (χ2n) is 5.47. The molecule has 0 amide bonds. The number of hydrogen-bond acceptors (Lipinski definition) is 6. The molecule has 0 unspecified atom stereocenters. The Balaban J connectivity index is 2.07. The summed E-state index contributed by atoms with van der Waals surface area (Å²) in [6.45, 7) is 0. The predicted octanol–water partition coefficient (Wildman–Crippen LogP) is 2.18. The average molecular weight is 394 g/mol. The number of rotatable bonds is 4. The second kappa shape index (κ2) is 6.16. The average Bonchev–Trinajstić information content (AvgIpc) is 2.57. The third-order valence-corrected chi connectivity index (χ3v) is 6.17. The van der Waals surface area contributed by atoms with Gasteiger partial charge >= 0.3 is 0 Å². The van der Waals surface area contributed by atoms with Crippen molar-refractivity contribution in [3.05, 3.63) is 54.6 Å². The van der Waals surface area contributed by atoms with Crippen molar-refractivity contribution in [2.75, 3.05) is 10.5 Å². The fraction of sp³-hybridized carbons (Fsp3) is 0. The van der Waals surface area contributed by atoms with E-state index in [1.165, 1.54) is 36.4 Å². The molecule has 0 aromatic heterocycles. The highest BCUT2D eigenvalue weighted by atomic mass is 32.2. The van der Waals surface area contributed by atoms with Gasteiger partial charge in [0, 0.05) is 11.1 Å². The van der Waals surface area contributed by atoms with E-state index in [-0.39, 0.29) is 17.1 Å². The van der Waals surface area contributed by atoms with Crippen LogP contribution in [-0.2, 0) is 20.1 Å². The van der Waals surface area contributed by atoms with Crippen LogP contribution in [0.4, 0.5) is 11.4 Å². The lowest BCUT2D eigenvalue weighted by molar-refractivity contribution is 0.479. The normalized spacial score (nSPS) is 12.2. The maximum atomic E-state index is 12.6. The first-order valence-electron chi connectivity index (χ1n) is 7.20. The zero-order valence-corrected chi connectivity index (χ0v) is 14.8. The van der Waals surface area contributed by atoms with Gasteiger partial charge in [-0.3, -0.25) is 9.27 Å². The molecule has 8 nitrogen and oxygen atoms in total. The minimum atomic E-state index is -4.72. The number of phenolic OH excluding ortho intramolecular Hbond substituents is 1. The molecule has 136 valence electrons. The van der Waals surface area contributed by atoms with E-state index in [2.05, 4.69) is 4.72 Å². The number of nitrogens with one attached hydrogen (secondary N) is 1. The largest absolute Gasteiger partial charge is 0.505 e. The van der Waals surface area contributed by atoms with E-state index in [0.29, 0.717) is 10.8 Å². The van der Waals surface area contributed by atoms with Crippen LogP contribution >= 0.6 is 0 Å². The third kappa shape index (κ3) is 3.29. The van der Waals surface area contributed by atoms with E-state index < -0.39 is 29.9 Å². The Labute approximate surface area is 149 Å². The summed E-state index contributed by atoms with van der Waals surface area (Å²) in [6, 6.07) is 12.1. The van der Waals surface area contributed by atoms with Gasteiger partial charge in [-0.15, -0.1) is 0 Å². The number of hydrogen-bond donors (Lipinski definition) is 4. The lowest BCUT2D eigenvalue weighted by Gasteiger charge is -2.12. The summed E-state index contributed by atoms with van der Waals surface area (Å²) in [7, 11) is -9.01. The van der Waals surface area contributed by atoms with Crippen LogP contribution in [0.5, 0.6) is 5.75 Å². The molecule has 26 heavy (non-hydrogen) atoms. The summed E-state index contributed by atoms with van der Waals surface area (Å²) >= 11 is 0. The van der Waals surface area contributed by atoms with Crippen molar-refractivity contribution in [3.63, 3.8) is 0 Å². The molecule has 0 aliphatic heterocycles. The first-order valence-corrected chi connectivity index (χ1v) is 10.1. The Morgan fingerprint density at radius 2 is 1.54 bits per heavy atom. The molecule has 0 atom stereocenters. The third-order valence-electron chi connectivity index (χ3n) is 3.69. The van der Waals surface area contributed by atoms with E-state index in [1.54, 1.807) is 6.07 Å². The fourth-order valence-corrected chi connectivity index (χ4v) is 4.84. The topological polar surface area (TPSA) is 147 Å². The summed E-state index contributed by atoms with van der Waals surface area (Å²) in [5.74, 6) is -0.117. The predicted molar refractivity (Wildman–Crippen MR) is 97.1 cm³/mol. The first kappa shape index (κ1) is 18.0. The number of fused-ring (bicyclic) bond motifs is 1. The highest BCUT2D eigenvalue weighted by molar-refractivity contribution is 7.93. The lowest BCUT2D eigenvalue weighted by Crippen LogP contribution is -2.16. The van der Waals surface area contributed by atoms with Gasteiger partial charge in [0.25, 0.3) is 20.1 Å². The van der Waals surface area contributed by atoms with Crippen LogP contribution in [0.15, 0.2) is 64.4 Å². The quantitative estimate of drug-likeness (QED) is 0.301. The molecule has 10 heteroatoms. The summed E-state index contributed by atoms with van der Waals surface area (Å²) in [4.78, 5) is -1.30. The molecule has 0 spiro atoms. The molecule has 3 aromatic carbocycles. The van der Waals surface area contributed by atoms with Crippen LogP contribution < -0.4 is 10.5 Å². The molecule has 0 aliphatic rings. The molecule has 3 aromatic rings. The van der Waals surface area contributed by atoms with Crippen LogP contribution in [0.1, 0.15) is 0 Å². The standard InChI is InChI=1S/C16H14N2O6S2/c17-13-8-5-10-9-11(6-7-12(10)16(13)19)18-25(20,21)14-3-1-2-4-15(14)26(22,23)24/h1-9,18-19H,17H2,(H,22,23,24). The Bertz CT molecular complexity index is 1220. The van der Waals surface area contributed by atoms with Gasteiger partial charge in [-0.1, -0.05) is 18.2 Å². The van der Waals surface area contributed by atoms with Gasteiger partial charge < -0.3 is 10.8 Å². The van der Waals surface area contributed by atoms with Crippen LogP contribution in [0.2, 0.25) is 0 Å². The molecule has 0 aliphatic carbocycles. The van der Waals surface area contributed by atoms with Crippen molar-refractivity contribution in [3.8, 4) is 5.75 Å². The van der Waals surface area contributed by atoms with Crippen molar-refractivity contribution >= 4 is 42.3 Å². The number of benzene rings is 3. The van der Waals surface area contributed by atoms with Crippen LogP contribution in [0.3, 0.4) is 0 Å². The Morgan fingerprint density at radius 1 is 0.885 bits per heavy atom. The van der Waals surface area contributed by atoms with E-state index in [0.717, 1.165) is 12.1 Å². The number of aromatic hydroxyl groups is 1. The fourth-order valence-electron chi connectivity index (χ4n) is 2.49. The van der Waals surface area contributed by atoms with Gasteiger partial charge in [-0.25, -0.2) is 8.42 Å². The summed E-state index contributed by atoms with van der Waals surface area (Å²) in [6.07, 6.45) is 0. The van der Waals surface area contributed by atoms with Gasteiger partial charge in [-0.2, -0.15) is 8.42 Å². The lowest BCUT2D eigenvalue weighted by atomic mass is 10.1. The zero-order chi connectivity index (χ0) is 19.1. The Morgan fingerprint density at radius 3 is 2.19 bits per heavy atom. The molecule has 0 saturated carbocycles. The van der Waals surface area contributed by atoms with Gasteiger partial charge in [0.05, 0.1) is 5.69 Å². The second-order valence-corrected chi connectivity index (χ2v) is 8.51. The number of sulfonamides is 1. The van der Waals surface area contributed by atoms with E-state index in [4.69, 9.17) is 5.73 Å². The maximum Gasteiger partial charge on any atom is 0.295 e. The first-order chi connectivity index (χ1) is 12.1. The summed E-state index contributed by atoms with van der Waals surface area (Å²) < 4.78 is 59.5. The molecule has 0 fully saturated rings. The van der Waals surface area contributed by atoms with Gasteiger partial charge in [0.15, 0.2) is 0 Å². The number of nitrogens with two attached hydrogens (primary N) is 1. The monoisotopic (exact) mass is 394 g/mol. The molecule has 0 saturated heterocycles. The minimum Gasteiger partial charge on any atom is -0.505 e. The van der Waals surface area contributed by atoms with Crippen molar-refractivity contribution in [2.24, 2.45) is 0 Å². The SMILES string of the molecule is Nc1ccc2cc(NS(=O)(=O)c3ccccc3S(=O)(=O)O)ccc2c1O. The van der Waals surface area contributed by atoms with Gasteiger partial charge in [0.2, 0.25) is 0 Å². The molecule has 0 heterocycles. The summed E-state index contributed by atoms with van der Waals surface area (Å²) in [5, 5.41) is 10.9. The van der Waals surface area contributed by atoms with E-state index >= 15 is 0 Å². The van der Waals surface area contributed by atoms with Crippen molar-refractivity contribution in [1.82, 2.24) is 0 Å². The Kier molecular flexibility index (Phi) is 4.26. The van der Waals surface area contributed by atoms with Crippen molar-refractivity contribution < 1.29 is 26.5 Å². The van der Waals surface area contributed by atoms with Crippen LogP contribution in [-0.4, -0.2) is 26.5 Å². The molecular formula is C16H14N2O6S2. The molecule has 0 bridgehead atoms. The number of nitrogen functional groups attached to an aromatic ring is 1. The van der Waals surface area contributed by atoms with Gasteiger partial charge in [-0.05, 0) is 41.8 Å². The minimum absolute atomic E-state index is 0.117. The molecular weight excluding hydrogens is 380 g/mol. The van der Waals surface area contributed by atoms with Crippen molar-refractivity contribution in [1.29, 1.82) is 0 Å². The van der Waals surface area contributed by atoms with Gasteiger partial charge in [0.1, 0.15) is 15.5 Å². The molecule has 3 rings (SSSR count). The maximum absolute atomic E-state index is 12.6. The number of anilines is 2. The van der Waals surface area contributed by atoms with Crippen molar-refractivity contribution in [2.45, 2.75) is 9.79 Å².